The Kier molecular flexibility index (Phi) is 12.8. The van der Waals surface area contributed by atoms with Crippen molar-refractivity contribution in [1.29, 1.82) is 0 Å². The molecule has 0 spiro atoms. The van der Waals surface area contributed by atoms with Crippen LogP contribution in [0.1, 0.15) is 65.2 Å². The average Bonchev–Trinajstić information content (AvgIpc) is 3.17. The van der Waals surface area contributed by atoms with E-state index in [1.54, 1.807) is 14.0 Å². The van der Waals surface area contributed by atoms with Crippen molar-refractivity contribution in [3.8, 4) is 0 Å². The summed E-state index contributed by atoms with van der Waals surface area (Å²) in [4.78, 5) is 23.8. The molecule has 0 saturated heterocycles. The second-order valence-electron chi connectivity index (χ2n) is 7.26. The number of nitrogens with zero attached hydrogens (tertiary/aromatic N) is 3. The summed E-state index contributed by atoms with van der Waals surface area (Å²) in [7, 11) is 1.74. The Morgan fingerprint density at radius 2 is 1.81 bits per heavy atom. The molecule has 0 aliphatic carbocycles. The Hall–Kier alpha value is -1.72. The summed E-state index contributed by atoms with van der Waals surface area (Å²) in [6.07, 6.45) is 0. The quantitative estimate of drug-likeness (QED) is 0.189. The summed E-state index contributed by atoms with van der Waals surface area (Å²) < 4.78 is 5.11. The molecule has 2 N–H and O–H groups in total. The van der Waals surface area contributed by atoms with E-state index in [2.05, 4.69) is 63.6 Å². The van der Waals surface area contributed by atoms with Crippen LogP contribution >= 0.6 is 35.3 Å². The molecule has 1 aromatic heterocycles. The number of rotatable bonds is 10. The SMILES string of the molecule is CCOC(=O)c1sc(C(C)NC(=NC)NCc2ccc(CN(CC)CC)cc2)nc1C.I. The average molecular weight is 574 g/mol. The van der Waals surface area contributed by atoms with Crippen molar-refractivity contribution < 1.29 is 9.53 Å². The lowest BCUT2D eigenvalue weighted by Crippen LogP contribution is -2.38. The van der Waals surface area contributed by atoms with Crippen LogP contribution in [0.15, 0.2) is 29.3 Å². The van der Waals surface area contributed by atoms with E-state index in [9.17, 15) is 4.79 Å². The smallest absolute Gasteiger partial charge is 0.350 e. The Balaban J connectivity index is 0.00000512. The number of hydrogen-bond donors (Lipinski definition) is 2. The number of hydrogen-bond acceptors (Lipinski definition) is 6. The highest BCUT2D eigenvalue weighted by Gasteiger charge is 2.20. The highest BCUT2D eigenvalue weighted by molar-refractivity contribution is 14.0. The van der Waals surface area contributed by atoms with Crippen LogP contribution in [0.2, 0.25) is 0 Å². The van der Waals surface area contributed by atoms with Crippen molar-refractivity contribution in [1.82, 2.24) is 20.5 Å². The Morgan fingerprint density at radius 3 is 2.38 bits per heavy atom. The van der Waals surface area contributed by atoms with Gasteiger partial charge in [-0.3, -0.25) is 9.89 Å². The van der Waals surface area contributed by atoms with Gasteiger partial charge in [0.1, 0.15) is 9.88 Å². The fourth-order valence-electron chi connectivity index (χ4n) is 3.10. The fraction of sp³-hybridized carbons (Fsp3) is 0.522. The molecule has 0 fully saturated rings. The van der Waals surface area contributed by atoms with Gasteiger partial charge < -0.3 is 15.4 Å². The highest BCUT2D eigenvalue weighted by atomic mass is 127. The largest absolute Gasteiger partial charge is 0.462 e. The van der Waals surface area contributed by atoms with E-state index in [4.69, 9.17) is 4.74 Å². The van der Waals surface area contributed by atoms with Crippen molar-refractivity contribution in [2.75, 3.05) is 26.7 Å². The minimum atomic E-state index is -0.317. The molecule has 178 valence electrons. The first kappa shape index (κ1) is 28.3. The van der Waals surface area contributed by atoms with Crippen LogP contribution in [0.3, 0.4) is 0 Å². The van der Waals surface area contributed by atoms with E-state index >= 15 is 0 Å². The third-order valence-corrected chi connectivity index (χ3v) is 6.32. The summed E-state index contributed by atoms with van der Waals surface area (Å²) >= 11 is 1.36. The zero-order valence-electron chi connectivity index (χ0n) is 19.9. The van der Waals surface area contributed by atoms with E-state index in [1.807, 2.05) is 13.8 Å². The third kappa shape index (κ3) is 8.32. The maximum atomic E-state index is 12.0. The Labute approximate surface area is 213 Å². The molecule has 1 atom stereocenters. The molecule has 0 bridgehead atoms. The van der Waals surface area contributed by atoms with Gasteiger partial charge in [0, 0.05) is 20.1 Å². The summed E-state index contributed by atoms with van der Waals surface area (Å²) in [6.45, 7) is 14.1. The molecule has 0 amide bonds. The van der Waals surface area contributed by atoms with Crippen LogP contribution in [0.5, 0.6) is 0 Å². The van der Waals surface area contributed by atoms with Gasteiger partial charge >= 0.3 is 5.97 Å². The molecule has 7 nitrogen and oxygen atoms in total. The van der Waals surface area contributed by atoms with Gasteiger partial charge in [0.25, 0.3) is 0 Å². The minimum absolute atomic E-state index is 0. The van der Waals surface area contributed by atoms with Gasteiger partial charge in [-0.1, -0.05) is 38.1 Å². The maximum absolute atomic E-state index is 12.0. The lowest BCUT2D eigenvalue weighted by atomic mass is 10.1. The van der Waals surface area contributed by atoms with E-state index < -0.39 is 0 Å². The van der Waals surface area contributed by atoms with Gasteiger partial charge in [-0.15, -0.1) is 35.3 Å². The molecule has 9 heteroatoms. The Morgan fingerprint density at radius 1 is 1.19 bits per heavy atom. The van der Waals surface area contributed by atoms with Gasteiger partial charge in [0.05, 0.1) is 18.3 Å². The van der Waals surface area contributed by atoms with E-state index in [1.165, 1.54) is 22.5 Å². The summed E-state index contributed by atoms with van der Waals surface area (Å²) in [5.74, 6) is 0.369. The van der Waals surface area contributed by atoms with Crippen molar-refractivity contribution >= 4 is 47.2 Å². The topological polar surface area (TPSA) is 78.8 Å². The monoisotopic (exact) mass is 573 g/mol. The van der Waals surface area contributed by atoms with Crippen LogP contribution in [0.4, 0.5) is 0 Å². The number of aryl methyl sites for hydroxylation is 1. The van der Waals surface area contributed by atoms with Crippen molar-refractivity contribution in [3.05, 3.63) is 51.0 Å². The maximum Gasteiger partial charge on any atom is 0.350 e. The van der Waals surface area contributed by atoms with Gasteiger partial charge in [-0.05, 0) is 45.0 Å². The molecule has 0 saturated carbocycles. The number of carbonyl (C=O) groups excluding carboxylic acids is 1. The first-order valence-corrected chi connectivity index (χ1v) is 11.6. The number of nitrogens with one attached hydrogen (secondary N) is 2. The van der Waals surface area contributed by atoms with Crippen LogP contribution in [-0.2, 0) is 17.8 Å². The van der Waals surface area contributed by atoms with E-state index in [0.29, 0.717) is 29.7 Å². The first-order valence-electron chi connectivity index (χ1n) is 10.8. The van der Waals surface area contributed by atoms with Gasteiger partial charge in [0.15, 0.2) is 5.96 Å². The van der Waals surface area contributed by atoms with Crippen molar-refractivity contribution in [2.45, 2.75) is 53.8 Å². The molecule has 32 heavy (non-hydrogen) atoms. The van der Waals surface area contributed by atoms with Crippen molar-refractivity contribution in [2.24, 2.45) is 4.99 Å². The number of aromatic nitrogens is 1. The molecule has 2 rings (SSSR count). The number of thiazole rings is 1. The predicted octanol–water partition coefficient (Wildman–Crippen LogP) is 4.51. The molecule has 2 aromatic rings. The third-order valence-electron chi connectivity index (χ3n) is 5.00. The standard InChI is InChI=1S/C23H35N5O2S.HI/c1-7-28(8-2)15-19-12-10-18(11-13-19)14-25-23(24-6)27-17(5)21-26-16(4)20(31-21)22(29)30-9-3;/h10-13,17H,7-9,14-15H2,1-6H3,(H2,24,25,27);1H. The first-order chi connectivity index (χ1) is 14.9. The molecule has 1 heterocycles. The molecule has 1 aromatic carbocycles. The molecular weight excluding hydrogens is 537 g/mol. The fourth-order valence-corrected chi connectivity index (χ4v) is 4.07. The van der Waals surface area contributed by atoms with Crippen LogP contribution in [0.25, 0.3) is 0 Å². The second-order valence-corrected chi connectivity index (χ2v) is 8.29. The minimum Gasteiger partial charge on any atom is -0.462 e. The lowest BCUT2D eigenvalue weighted by molar-refractivity contribution is 0.0531. The summed E-state index contributed by atoms with van der Waals surface area (Å²) in [5, 5.41) is 7.52. The highest BCUT2D eigenvalue weighted by Crippen LogP contribution is 2.24. The van der Waals surface area contributed by atoms with E-state index in [-0.39, 0.29) is 36.0 Å². The Bertz CT molecular complexity index is 866. The summed E-state index contributed by atoms with van der Waals surface area (Å²) in [6, 6.07) is 8.58. The number of halogens is 1. The number of guanidine groups is 1. The lowest BCUT2D eigenvalue weighted by Gasteiger charge is -2.18. The number of carbonyl (C=O) groups is 1. The number of aliphatic imine (C=N–C) groups is 1. The number of ether oxygens (including phenoxy) is 1. The molecule has 0 aliphatic rings. The normalized spacial score (nSPS) is 12.3. The van der Waals surface area contributed by atoms with Gasteiger partial charge in [-0.25, -0.2) is 9.78 Å². The van der Waals surface area contributed by atoms with Gasteiger partial charge in [-0.2, -0.15) is 0 Å². The number of esters is 1. The molecule has 0 radical (unpaired) electrons. The van der Waals surface area contributed by atoms with Crippen molar-refractivity contribution in [3.63, 3.8) is 0 Å². The molecule has 0 aliphatic heterocycles. The predicted molar refractivity (Wildman–Crippen MR) is 143 cm³/mol. The molecular formula is C23H36IN5O2S. The van der Waals surface area contributed by atoms with Crippen LogP contribution in [0, 0.1) is 6.92 Å². The van der Waals surface area contributed by atoms with Gasteiger partial charge in [0.2, 0.25) is 0 Å². The molecule has 1 unspecified atom stereocenters. The number of benzene rings is 1. The van der Waals surface area contributed by atoms with Crippen LogP contribution in [-0.4, -0.2) is 48.6 Å². The second kappa shape index (κ2) is 14.4. The summed E-state index contributed by atoms with van der Waals surface area (Å²) in [5.41, 5.74) is 3.20. The zero-order chi connectivity index (χ0) is 22.8. The zero-order valence-corrected chi connectivity index (χ0v) is 23.0. The van der Waals surface area contributed by atoms with E-state index in [0.717, 1.165) is 24.6 Å². The van der Waals surface area contributed by atoms with Crippen LogP contribution < -0.4 is 10.6 Å².